The van der Waals surface area contributed by atoms with E-state index in [-0.39, 0.29) is 17.6 Å². The molecule has 0 saturated carbocycles. The summed E-state index contributed by atoms with van der Waals surface area (Å²) >= 11 is 0. The lowest BCUT2D eigenvalue weighted by atomic mass is 10.2. The second-order valence-corrected chi connectivity index (χ2v) is 6.31. The van der Waals surface area contributed by atoms with Crippen LogP contribution in [0.1, 0.15) is 19.8 Å². The van der Waals surface area contributed by atoms with Crippen LogP contribution in [0.4, 0.5) is 4.79 Å². The molecule has 1 aromatic heterocycles. The van der Waals surface area contributed by atoms with Crippen LogP contribution in [0.3, 0.4) is 0 Å². The van der Waals surface area contributed by atoms with E-state index in [1.165, 1.54) is 4.68 Å². The Balaban J connectivity index is 1.49. The fourth-order valence-corrected chi connectivity index (χ4v) is 3.06. The summed E-state index contributed by atoms with van der Waals surface area (Å²) in [6.07, 6.45) is 0.489. The van der Waals surface area contributed by atoms with Crippen molar-refractivity contribution in [2.45, 2.75) is 26.3 Å². The minimum atomic E-state index is -0.334. The summed E-state index contributed by atoms with van der Waals surface area (Å²) in [5, 5.41) is 8.49. The maximum absolute atomic E-state index is 12.4. The van der Waals surface area contributed by atoms with Gasteiger partial charge in [-0.25, -0.2) is 9.48 Å². The Hall–Kier alpha value is -2.97. The second kappa shape index (κ2) is 8.61. The van der Waals surface area contributed by atoms with Crippen molar-refractivity contribution in [1.82, 2.24) is 24.8 Å². The third-order valence-electron chi connectivity index (χ3n) is 4.55. The van der Waals surface area contributed by atoms with Crippen molar-refractivity contribution in [3.8, 4) is 0 Å². The van der Waals surface area contributed by atoms with Crippen LogP contribution in [0, 0.1) is 0 Å². The van der Waals surface area contributed by atoms with Gasteiger partial charge in [-0.3, -0.25) is 9.59 Å². The lowest BCUT2D eigenvalue weighted by Gasteiger charge is -2.34. The van der Waals surface area contributed by atoms with E-state index in [0.29, 0.717) is 63.1 Å². The largest absolute Gasteiger partial charge is 0.450 e. The number of benzene rings is 1. The zero-order valence-corrected chi connectivity index (χ0v) is 15.3. The van der Waals surface area contributed by atoms with Crippen molar-refractivity contribution in [2.24, 2.45) is 0 Å². The van der Waals surface area contributed by atoms with Crippen LogP contribution in [0.5, 0.6) is 0 Å². The summed E-state index contributed by atoms with van der Waals surface area (Å²) in [4.78, 5) is 39.8. The molecule has 2 aromatic rings. The molecule has 0 N–H and O–H groups in total. The number of carbonyl (C=O) groups excluding carboxylic acids is 2. The van der Waals surface area contributed by atoms with Gasteiger partial charge in [0.25, 0.3) is 5.56 Å². The van der Waals surface area contributed by atoms with E-state index < -0.39 is 0 Å². The van der Waals surface area contributed by atoms with Crippen LogP contribution in [0.2, 0.25) is 0 Å². The molecule has 0 radical (unpaired) electrons. The van der Waals surface area contributed by atoms with Gasteiger partial charge < -0.3 is 14.5 Å². The molecule has 0 unspecified atom stereocenters. The third-order valence-corrected chi connectivity index (χ3v) is 4.55. The number of rotatable bonds is 5. The average molecular weight is 373 g/mol. The standard InChI is InChI=1S/C18H23N5O4/c1-2-27-18(26)22-12-10-21(11-13-22)16(24)8-5-9-23-17(25)14-6-3-4-7-15(14)19-20-23/h3-4,6-7H,2,5,8-13H2,1H3. The van der Waals surface area contributed by atoms with E-state index in [4.69, 9.17) is 4.74 Å². The monoisotopic (exact) mass is 373 g/mol. The van der Waals surface area contributed by atoms with Gasteiger partial charge in [0.1, 0.15) is 5.52 Å². The number of carbonyl (C=O) groups is 2. The number of aryl methyl sites for hydroxylation is 1. The van der Waals surface area contributed by atoms with Crippen LogP contribution in [0.15, 0.2) is 29.1 Å². The molecule has 3 rings (SSSR count). The molecule has 1 aliphatic heterocycles. The Labute approximate surface area is 156 Å². The van der Waals surface area contributed by atoms with Crippen LogP contribution < -0.4 is 5.56 Å². The molecule has 1 fully saturated rings. The van der Waals surface area contributed by atoms with Gasteiger partial charge in [-0.1, -0.05) is 17.3 Å². The first kappa shape index (κ1) is 18.8. The number of piperazine rings is 1. The Kier molecular flexibility index (Phi) is 6.00. The highest BCUT2D eigenvalue weighted by Crippen LogP contribution is 2.08. The second-order valence-electron chi connectivity index (χ2n) is 6.31. The summed E-state index contributed by atoms with van der Waals surface area (Å²) in [6.45, 7) is 4.38. The summed E-state index contributed by atoms with van der Waals surface area (Å²) in [5.74, 6) is 0.0142. The van der Waals surface area contributed by atoms with Crippen molar-refractivity contribution in [3.63, 3.8) is 0 Å². The average Bonchev–Trinajstić information content (AvgIpc) is 2.70. The highest BCUT2D eigenvalue weighted by molar-refractivity contribution is 5.77. The van der Waals surface area contributed by atoms with Crippen molar-refractivity contribution in [1.29, 1.82) is 0 Å². The minimum Gasteiger partial charge on any atom is -0.450 e. The first-order chi connectivity index (χ1) is 13.1. The fourth-order valence-electron chi connectivity index (χ4n) is 3.06. The van der Waals surface area contributed by atoms with Crippen LogP contribution in [-0.2, 0) is 16.1 Å². The van der Waals surface area contributed by atoms with Gasteiger partial charge in [0.05, 0.1) is 12.0 Å². The van der Waals surface area contributed by atoms with Crippen molar-refractivity contribution >= 4 is 22.9 Å². The van der Waals surface area contributed by atoms with Gasteiger partial charge in [0.15, 0.2) is 0 Å². The fraction of sp³-hybridized carbons (Fsp3) is 0.500. The quantitative estimate of drug-likeness (QED) is 0.771. The van der Waals surface area contributed by atoms with Gasteiger partial charge in [0, 0.05) is 39.1 Å². The third kappa shape index (κ3) is 4.42. The summed E-state index contributed by atoms with van der Waals surface area (Å²) in [7, 11) is 0. The van der Waals surface area contributed by atoms with E-state index in [9.17, 15) is 14.4 Å². The van der Waals surface area contributed by atoms with E-state index in [0.717, 1.165) is 0 Å². The molecule has 2 heterocycles. The molecule has 0 bridgehead atoms. The molecule has 2 amide bonds. The molecule has 0 aliphatic carbocycles. The maximum Gasteiger partial charge on any atom is 0.409 e. The normalized spacial score (nSPS) is 14.4. The van der Waals surface area contributed by atoms with Crippen molar-refractivity contribution < 1.29 is 14.3 Å². The van der Waals surface area contributed by atoms with Crippen molar-refractivity contribution in [3.05, 3.63) is 34.6 Å². The summed E-state index contributed by atoms with van der Waals surface area (Å²) in [6, 6.07) is 7.06. The molecule has 1 aromatic carbocycles. The van der Waals surface area contributed by atoms with Gasteiger partial charge >= 0.3 is 6.09 Å². The van der Waals surface area contributed by atoms with E-state index >= 15 is 0 Å². The molecular formula is C18H23N5O4. The number of ether oxygens (including phenoxy) is 1. The number of hydrogen-bond donors (Lipinski definition) is 0. The Morgan fingerprint density at radius 1 is 1.11 bits per heavy atom. The van der Waals surface area contributed by atoms with Gasteiger partial charge in [-0.05, 0) is 25.5 Å². The smallest absolute Gasteiger partial charge is 0.409 e. The molecule has 9 heteroatoms. The highest BCUT2D eigenvalue weighted by Gasteiger charge is 2.24. The predicted molar refractivity (Wildman–Crippen MR) is 98.2 cm³/mol. The van der Waals surface area contributed by atoms with Gasteiger partial charge in [-0.15, -0.1) is 5.10 Å². The SMILES string of the molecule is CCOC(=O)N1CCN(C(=O)CCCn2nnc3ccccc3c2=O)CC1. The van der Waals surface area contributed by atoms with E-state index in [2.05, 4.69) is 10.3 Å². The number of amides is 2. The highest BCUT2D eigenvalue weighted by atomic mass is 16.6. The van der Waals surface area contributed by atoms with Gasteiger partial charge in [0.2, 0.25) is 5.91 Å². The maximum atomic E-state index is 12.4. The lowest BCUT2D eigenvalue weighted by molar-refractivity contribution is -0.132. The number of nitrogens with zero attached hydrogens (tertiary/aromatic N) is 5. The molecule has 1 saturated heterocycles. The molecule has 144 valence electrons. The van der Waals surface area contributed by atoms with Crippen LogP contribution >= 0.6 is 0 Å². The van der Waals surface area contributed by atoms with Crippen LogP contribution in [0.25, 0.3) is 10.9 Å². The molecule has 1 aliphatic rings. The topological polar surface area (TPSA) is 97.6 Å². The Morgan fingerprint density at radius 3 is 2.56 bits per heavy atom. The minimum absolute atomic E-state index is 0.0142. The molecule has 0 spiro atoms. The summed E-state index contributed by atoms with van der Waals surface area (Å²) < 4.78 is 6.27. The first-order valence-corrected chi connectivity index (χ1v) is 9.12. The van der Waals surface area contributed by atoms with E-state index in [1.54, 1.807) is 41.0 Å². The molecular weight excluding hydrogens is 350 g/mol. The number of hydrogen-bond acceptors (Lipinski definition) is 6. The summed E-state index contributed by atoms with van der Waals surface area (Å²) in [5.41, 5.74) is 0.366. The predicted octanol–water partition coefficient (Wildman–Crippen LogP) is 0.872. The number of fused-ring (bicyclic) bond motifs is 1. The Morgan fingerprint density at radius 2 is 1.81 bits per heavy atom. The Bertz CT molecular complexity index is 873. The lowest BCUT2D eigenvalue weighted by Crippen LogP contribution is -2.50. The van der Waals surface area contributed by atoms with Crippen LogP contribution in [-0.4, -0.2) is 69.6 Å². The van der Waals surface area contributed by atoms with Gasteiger partial charge in [-0.2, -0.15) is 0 Å². The van der Waals surface area contributed by atoms with Crippen molar-refractivity contribution in [2.75, 3.05) is 32.8 Å². The number of aromatic nitrogens is 3. The molecule has 0 atom stereocenters. The molecule has 9 nitrogen and oxygen atoms in total. The zero-order chi connectivity index (χ0) is 19.2. The molecule has 27 heavy (non-hydrogen) atoms. The zero-order valence-electron chi connectivity index (χ0n) is 15.3. The first-order valence-electron chi connectivity index (χ1n) is 9.12. The van der Waals surface area contributed by atoms with E-state index in [1.807, 2.05) is 0 Å².